The fraction of sp³-hybridized carbons (Fsp3) is 0.118. The summed E-state index contributed by atoms with van der Waals surface area (Å²) in [5.41, 5.74) is 0.129. The molecule has 0 fully saturated rings. The molecule has 2 N–H and O–H groups in total. The number of halogens is 3. The molecule has 0 spiro atoms. The molecule has 2 aromatic carbocycles. The van der Waals surface area contributed by atoms with Gasteiger partial charge in [-0.15, -0.1) is 5.10 Å². The quantitative estimate of drug-likeness (QED) is 0.645. The van der Waals surface area contributed by atoms with Crippen LogP contribution in [0.15, 0.2) is 36.5 Å². The predicted octanol–water partition coefficient (Wildman–Crippen LogP) is 4.31. The highest BCUT2D eigenvalue weighted by molar-refractivity contribution is 6.32. The van der Waals surface area contributed by atoms with Crippen molar-refractivity contribution in [1.82, 2.24) is 15.2 Å². The number of hydrogen-bond acceptors (Lipinski definition) is 7. The number of anilines is 4. The number of nitrogens with zero attached hydrogens (tertiary/aromatic N) is 3. The van der Waals surface area contributed by atoms with Crippen molar-refractivity contribution in [2.45, 2.75) is 0 Å². The van der Waals surface area contributed by atoms with Gasteiger partial charge in [-0.25, -0.2) is 8.78 Å². The Labute approximate surface area is 158 Å². The van der Waals surface area contributed by atoms with Crippen molar-refractivity contribution in [1.29, 1.82) is 0 Å². The average Bonchev–Trinajstić information content (AvgIpc) is 2.66. The minimum atomic E-state index is -0.777. The van der Waals surface area contributed by atoms with Gasteiger partial charge in [-0.1, -0.05) is 17.7 Å². The lowest BCUT2D eigenvalue weighted by Gasteiger charge is -2.13. The lowest BCUT2D eigenvalue weighted by molar-refractivity contribution is 0.405. The van der Waals surface area contributed by atoms with E-state index in [0.717, 1.165) is 12.1 Å². The molecule has 140 valence electrons. The van der Waals surface area contributed by atoms with Gasteiger partial charge in [-0.2, -0.15) is 10.1 Å². The second kappa shape index (κ2) is 8.00. The SMILES string of the molecule is COc1cc(Nc2cnnc(Nc3c(F)cccc3F)n2)c(OC)cc1Cl. The largest absolute Gasteiger partial charge is 0.495 e. The molecule has 0 bridgehead atoms. The maximum absolute atomic E-state index is 13.8. The van der Waals surface area contributed by atoms with Crippen LogP contribution in [0, 0.1) is 11.6 Å². The summed E-state index contributed by atoms with van der Waals surface area (Å²) in [6.07, 6.45) is 1.34. The zero-order valence-corrected chi connectivity index (χ0v) is 15.0. The molecule has 3 rings (SSSR count). The molecule has 1 aromatic heterocycles. The smallest absolute Gasteiger partial charge is 0.249 e. The first-order valence-corrected chi connectivity index (χ1v) is 7.99. The summed E-state index contributed by atoms with van der Waals surface area (Å²) in [5, 5.41) is 13.3. The van der Waals surface area contributed by atoms with Gasteiger partial charge in [0.1, 0.15) is 28.8 Å². The molecule has 0 aliphatic rings. The van der Waals surface area contributed by atoms with Crippen LogP contribution in [-0.4, -0.2) is 29.4 Å². The third kappa shape index (κ3) is 4.14. The monoisotopic (exact) mass is 393 g/mol. The highest BCUT2D eigenvalue weighted by Crippen LogP contribution is 2.37. The van der Waals surface area contributed by atoms with E-state index in [4.69, 9.17) is 21.1 Å². The minimum Gasteiger partial charge on any atom is -0.495 e. The summed E-state index contributed by atoms with van der Waals surface area (Å²) in [6.45, 7) is 0. The Balaban J connectivity index is 1.89. The fourth-order valence-corrected chi connectivity index (χ4v) is 2.47. The van der Waals surface area contributed by atoms with Crippen molar-refractivity contribution >= 4 is 34.7 Å². The highest BCUT2D eigenvalue weighted by atomic mass is 35.5. The lowest BCUT2D eigenvalue weighted by Crippen LogP contribution is -2.05. The first-order valence-electron chi connectivity index (χ1n) is 7.61. The number of ether oxygens (including phenoxy) is 2. The Hall–Kier alpha value is -3.20. The Morgan fingerprint density at radius 3 is 2.37 bits per heavy atom. The van der Waals surface area contributed by atoms with E-state index in [1.165, 1.54) is 26.5 Å². The topological polar surface area (TPSA) is 81.2 Å². The van der Waals surface area contributed by atoms with Gasteiger partial charge in [0.2, 0.25) is 5.95 Å². The molecule has 7 nitrogen and oxygen atoms in total. The third-order valence-corrected chi connectivity index (χ3v) is 3.79. The second-order valence-corrected chi connectivity index (χ2v) is 5.61. The average molecular weight is 394 g/mol. The number of rotatable bonds is 6. The molecule has 0 aliphatic heterocycles. The van der Waals surface area contributed by atoms with Crippen molar-refractivity contribution < 1.29 is 18.3 Å². The molecule has 0 radical (unpaired) electrons. The molecule has 0 aliphatic carbocycles. The van der Waals surface area contributed by atoms with Crippen molar-refractivity contribution in [2.75, 3.05) is 24.9 Å². The van der Waals surface area contributed by atoms with Crippen LogP contribution in [0.2, 0.25) is 5.02 Å². The van der Waals surface area contributed by atoms with Crippen molar-refractivity contribution in [3.63, 3.8) is 0 Å². The molecule has 0 unspecified atom stereocenters. The summed E-state index contributed by atoms with van der Waals surface area (Å²) in [6, 6.07) is 6.68. The molecule has 1 heterocycles. The van der Waals surface area contributed by atoms with E-state index in [2.05, 4.69) is 25.8 Å². The molecular formula is C17H14ClF2N5O2. The van der Waals surface area contributed by atoms with Gasteiger partial charge in [-0.05, 0) is 12.1 Å². The number of hydrogen-bond donors (Lipinski definition) is 2. The van der Waals surface area contributed by atoms with Crippen LogP contribution in [0.25, 0.3) is 0 Å². The second-order valence-electron chi connectivity index (χ2n) is 5.20. The van der Waals surface area contributed by atoms with E-state index in [9.17, 15) is 8.78 Å². The van der Waals surface area contributed by atoms with Crippen LogP contribution >= 0.6 is 11.6 Å². The molecule has 10 heteroatoms. The number of benzene rings is 2. The number of methoxy groups -OCH3 is 2. The normalized spacial score (nSPS) is 10.4. The van der Waals surface area contributed by atoms with Gasteiger partial charge >= 0.3 is 0 Å². The zero-order chi connectivity index (χ0) is 19.4. The van der Waals surface area contributed by atoms with Crippen molar-refractivity contribution in [2.24, 2.45) is 0 Å². The Kier molecular flexibility index (Phi) is 5.51. The van der Waals surface area contributed by atoms with Crippen LogP contribution in [0.5, 0.6) is 11.5 Å². The van der Waals surface area contributed by atoms with E-state index in [1.807, 2.05) is 0 Å². The fourth-order valence-electron chi connectivity index (χ4n) is 2.24. The minimum absolute atomic E-state index is 0.0936. The first kappa shape index (κ1) is 18.6. The molecular weight excluding hydrogens is 380 g/mol. The van der Waals surface area contributed by atoms with Crippen LogP contribution in [0.1, 0.15) is 0 Å². The summed E-state index contributed by atoms with van der Waals surface area (Å²) >= 11 is 6.08. The van der Waals surface area contributed by atoms with Gasteiger partial charge < -0.3 is 20.1 Å². The Morgan fingerprint density at radius 1 is 1.00 bits per heavy atom. The summed E-state index contributed by atoms with van der Waals surface area (Å²) < 4.78 is 38.0. The van der Waals surface area contributed by atoms with Crippen molar-refractivity contribution in [3.05, 3.63) is 53.2 Å². The van der Waals surface area contributed by atoms with E-state index in [1.54, 1.807) is 12.1 Å². The molecule has 0 saturated carbocycles. The van der Waals surface area contributed by atoms with Gasteiger partial charge in [0.15, 0.2) is 5.82 Å². The van der Waals surface area contributed by atoms with Crippen molar-refractivity contribution in [3.8, 4) is 11.5 Å². The van der Waals surface area contributed by atoms with Gasteiger partial charge in [0.25, 0.3) is 0 Å². The number of nitrogens with one attached hydrogen (secondary N) is 2. The van der Waals surface area contributed by atoms with Gasteiger partial charge in [-0.3, -0.25) is 0 Å². The van der Waals surface area contributed by atoms with Gasteiger partial charge in [0, 0.05) is 12.1 Å². The predicted molar refractivity (Wildman–Crippen MR) is 97.3 cm³/mol. The third-order valence-electron chi connectivity index (χ3n) is 3.50. The van der Waals surface area contributed by atoms with E-state index < -0.39 is 11.6 Å². The van der Waals surface area contributed by atoms with Gasteiger partial charge in [0.05, 0.1) is 31.1 Å². The van der Waals surface area contributed by atoms with Crippen LogP contribution in [0.3, 0.4) is 0 Å². The highest BCUT2D eigenvalue weighted by Gasteiger charge is 2.13. The molecule has 27 heavy (non-hydrogen) atoms. The lowest BCUT2D eigenvalue weighted by atomic mass is 10.2. The van der Waals surface area contributed by atoms with E-state index in [0.29, 0.717) is 22.2 Å². The molecule has 0 atom stereocenters. The summed E-state index contributed by atoms with van der Waals surface area (Å²) in [4.78, 5) is 4.14. The van der Waals surface area contributed by atoms with Crippen LogP contribution in [-0.2, 0) is 0 Å². The maximum atomic E-state index is 13.8. The molecule has 3 aromatic rings. The molecule has 0 amide bonds. The Bertz CT molecular complexity index is 954. The first-order chi connectivity index (χ1) is 13.0. The number of para-hydroxylation sites is 1. The zero-order valence-electron chi connectivity index (χ0n) is 14.3. The van der Waals surface area contributed by atoms with Crippen LogP contribution in [0.4, 0.5) is 31.9 Å². The van der Waals surface area contributed by atoms with E-state index >= 15 is 0 Å². The summed E-state index contributed by atoms with van der Waals surface area (Å²) in [5.74, 6) is -0.527. The molecule has 0 saturated heterocycles. The summed E-state index contributed by atoms with van der Waals surface area (Å²) in [7, 11) is 2.96. The standard InChI is InChI=1S/C17H14ClF2N5O2/c1-26-13-7-12(14(27-2)6-9(13)18)22-15-8-21-25-17(23-15)24-16-10(19)4-3-5-11(16)20/h3-8H,1-2H3,(H2,22,23,24,25). The van der Waals surface area contributed by atoms with Crippen LogP contribution < -0.4 is 20.1 Å². The van der Waals surface area contributed by atoms with E-state index in [-0.39, 0.29) is 17.5 Å². The maximum Gasteiger partial charge on any atom is 0.249 e. The number of aromatic nitrogens is 3. The Morgan fingerprint density at radius 2 is 1.70 bits per heavy atom.